The zero-order valence-corrected chi connectivity index (χ0v) is 8.91. The first kappa shape index (κ1) is 18.3. The molecule has 0 amide bonds. The van der Waals surface area contributed by atoms with Crippen LogP contribution in [0.4, 0.5) is 57.1 Å². The molecule has 0 aromatic carbocycles. The van der Waals surface area contributed by atoms with E-state index in [4.69, 9.17) is 0 Å². The maximum Gasteiger partial charge on any atom is 0.504 e. The summed E-state index contributed by atoms with van der Waals surface area (Å²) in [7, 11) is -9.81. The summed E-state index contributed by atoms with van der Waals surface area (Å²) in [5.41, 5.74) is -7.39. The van der Waals surface area contributed by atoms with E-state index in [9.17, 15) is 57.1 Å². The minimum Gasteiger partial charge on any atom is -0.203 e. The Morgan fingerprint density at radius 3 is 0.789 bits per heavy atom. The third kappa shape index (κ3) is 2.38. The number of rotatable bonds is 2. The van der Waals surface area contributed by atoms with E-state index in [0.29, 0.717) is 0 Å². The van der Waals surface area contributed by atoms with Crippen molar-refractivity contribution in [2.45, 2.75) is 22.9 Å². The Hall–Kier alpha value is -0.693. The molecule has 0 saturated carbocycles. The van der Waals surface area contributed by atoms with Crippen LogP contribution in [0.25, 0.3) is 0 Å². The summed E-state index contributed by atoms with van der Waals surface area (Å²) < 4.78 is 156. The van der Waals surface area contributed by atoms with Crippen molar-refractivity contribution in [2.75, 3.05) is 0 Å². The van der Waals surface area contributed by atoms with Gasteiger partial charge in [0.05, 0.1) is 0 Å². The molecule has 0 fully saturated rings. The van der Waals surface area contributed by atoms with Gasteiger partial charge in [-0.05, 0) is 0 Å². The third-order valence-corrected chi connectivity index (χ3v) is 5.67. The van der Waals surface area contributed by atoms with Crippen molar-refractivity contribution in [2.24, 2.45) is 0 Å². The Kier molecular flexibility index (Phi) is 4.25. The van der Waals surface area contributed by atoms with E-state index in [1.54, 1.807) is 0 Å². The van der Waals surface area contributed by atoms with Crippen molar-refractivity contribution in [1.82, 2.24) is 0 Å². The lowest BCUT2D eigenvalue weighted by molar-refractivity contribution is -0.192. The zero-order valence-electron chi connectivity index (χ0n) is 7.91. The first-order chi connectivity index (χ1) is 7.94. The molecule has 0 spiro atoms. The smallest absolute Gasteiger partial charge is 0.203 e. The Bertz CT molecular complexity index is 281. The van der Waals surface area contributed by atoms with Crippen molar-refractivity contribution in [3.63, 3.8) is 0 Å². The molecule has 0 heterocycles. The number of hydrogen-bond donors (Lipinski definition) is 0. The van der Waals surface area contributed by atoms with Crippen LogP contribution in [-0.4, -0.2) is 31.0 Å². The molecule has 0 aliphatic rings. The first-order valence-electron chi connectivity index (χ1n) is 3.71. The van der Waals surface area contributed by atoms with E-state index >= 15 is 0 Å². The van der Waals surface area contributed by atoms with Crippen LogP contribution in [0.15, 0.2) is 0 Å². The maximum atomic E-state index is 12.5. The van der Waals surface area contributed by atoms with Gasteiger partial charge in [0.2, 0.25) is 0 Å². The van der Waals surface area contributed by atoms with E-state index in [-0.39, 0.29) is 0 Å². The molecule has 0 aliphatic heterocycles. The molecule has 0 atom stereocenters. The lowest BCUT2D eigenvalue weighted by Gasteiger charge is -2.39. The van der Waals surface area contributed by atoms with Crippen molar-refractivity contribution in [3.8, 4) is 0 Å². The van der Waals surface area contributed by atoms with Gasteiger partial charge >= 0.3 is 37.4 Å². The summed E-state index contributed by atoms with van der Waals surface area (Å²) in [6.45, 7) is 0. The Balaban J connectivity index is 6.63. The summed E-state index contributed by atoms with van der Waals surface area (Å²) in [6, 6.07) is 0. The molecular weight excluding hydrogens is 335 g/mol. The fourth-order valence-electron chi connectivity index (χ4n) is 1.16. The molecule has 0 bridgehead atoms. The van der Waals surface area contributed by atoms with Gasteiger partial charge in [0.1, 0.15) is 0 Å². The average molecular weight is 335 g/mol. The van der Waals surface area contributed by atoms with Gasteiger partial charge in [-0.15, -0.1) is 0 Å². The monoisotopic (exact) mass is 335 g/mol. The molecule has 0 nitrogen and oxygen atoms in total. The van der Waals surface area contributed by atoms with Crippen LogP contribution in [0.1, 0.15) is 0 Å². The Morgan fingerprint density at radius 2 is 0.737 bits per heavy atom. The van der Waals surface area contributed by atoms with E-state index in [0.717, 1.165) is 0 Å². The van der Waals surface area contributed by atoms with Gasteiger partial charge in [-0.3, -0.25) is 0 Å². The molecule has 0 rings (SSSR count). The minimum absolute atomic E-state index is 4.90. The highest BCUT2D eigenvalue weighted by Crippen LogP contribution is 2.59. The summed E-state index contributed by atoms with van der Waals surface area (Å²) >= 11 is 0. The van der Waals surface area contributed by atoms with Gasteiger partial charge in [0.25, 0.3) is 0 Å². The largest absolute Gasteiger partial charge is 0.504 e. The van der Waals surface area contributed by atoms with E-state index < -0.39 is 37.4 Å². The highest BCUT2D eigenvalue weighted by molar-refractivity contribution is 6.87. The van der Waals surface area contributed by atoms with Gasteiger partial charge in [-0.25, -0.2) is 8.78 Å². The molecule has 0 aromatic rings. The second-order valence-electron chi connectivity index (χ2n) is 3.08. The third-order valence-electron chi connectivity index (χ3n) is 1.98. The fourth-order valence-corrected chi connectivity index (χ4v) is 3.47. The van der Waals surface area contributed by atoms with Gasteiger partial charge in [0.15, 0.2) is 0 Å². The van der Waals surface area contributed by atoms with Crippen molar-refractivity contribution >= 4 is 8.07 Å². The van der Waals surface area contributed by atoms with E-state index in [1.807, 2.05) is 0 Å². The summed E-state index contributed by atoms with van der Waals surface area (Å²) in [4.78, 5) is 0. The zero-order chi connectivity index (χ0) is 16.1. The van der Waals surface area contributed by atoms with Gasteiger partial charge in [-0.1, -0.05) is 0 Å². The second kappa shape index (κ2) is 4.41. The van der Waals surface area contributed by atoms with Crippen LogP contribution in [-0.2, 0) is 0 Å². The predicted molar refractivity (Wildman–Crippen MR) is 34.3 cm³/mol. The lowest BCUT2D eigenvalue weighted by atomic mass is 10.7. The normalized spacial score (nSPS) is 16.1. The van der Waals surface area contributed by atoms with E-state index in [1.165, 1.54) is 0 Å². The van der Waals surface area contributed by atoms with Crippen molar-refractivity contribution < 1.29 is 57.1 Å². The number of hydrogen-bond acceptors (Lipinski definition) is 0. The molecule has 19 heavy (non-hydrogen) atoms. The summed E-state index contributed by atoms with van der Waals surface area (Å²) in [5, 5.41) is 0. The Labute approximate surface area is 95.7 Å². The summed E-state index contributed by atoms with van der Waals surface area (Å²) in [5.74, 6) is -22.8. The van der Waals surface area contributed by atoms with Crippen LogP contribution >= 0.6 is 0 Å². The molecule has 0 N–H and O–H groups in total. The van der Waals surface area contributed by atoms with Gasteiger partial charge in [-0.2, -0.15) is 48.3 Å². The molecule has 0 unspecified atom stereocenters. The fraction of sp³-hybridized carbons (Fsp3) is 0.800. The van der Waals surface area contributed by atoms with Crippen LogP contribution in [0.3, 0.4) is 0 Å². The second-order valence-corrected chi connectivity index (χ2v) is 6.91. The number of halogens is 13. The van der Waals surface area contributed by atoms with Crippen LogP contribution in [0.5, 0.6) is 0 Å². The quantitative estimate of drug-likeness (QED) is 0.520. The topological polar surface area (TPSA) is 0 Å². The molecule has 0 saturated heterocycles. The molecule has 0 aromatic heterocycles. The summed E-state index contributed by atoms with van der Waals surface area (Å²) in [6.07, 6.45) is -4.90. The standard InChI is InChI=1S/C5F13Si/c6-1(7)2(8,9)19(3(10,11)12,4(13,14)15)5(16,17)18. The van der Waals surface area contributed by atoms with Gasteiger partial charge in [0, 0.05) is 0 Å². The molecule has 1 radical (unpaired) electrons. The highest BCUT2D eigenvalue weighted by Gasteiger charge is 2.99. The van der Waals surface area contributed by atoms with Crippen LogP contribution in [0.2, 0.25) is 0 Å². The van der Waals surface area contributed by atoms with Crippen molar-refractivity contribution in [1.29, 1.82) is 0 Å². The molecule has 0 aliphatic carbocycles. The minimum atomic E-state index is -9.81. The molecular formula is C5F13Si. The molecule has 14 heteroatoms. The SMILES string of the molecule is F[C](F)C(F)(F)[Si](C(F)(F)F)(C(F)(F)F)C(F)(F)F. The first-order valence-corrected chi connectivity index (χ1v) is 5.71. The van der Waals surface area contributed by atoms with Crippen LogP contribution in [0, 0.1) is 6.43 Å². The van der Waals surface area contributed by atoms with Crippen LogP contribution < -0.4 is 0 Å². The Morgan fingerprint density at radius 1 is 0.526 bits per heavy atom. The lowest BCUT2D eigenvalue weighted by Crippen LogP contribution is -2.81. The van der Waals surface area contributed by atoms with Crippen molar-refractivity contribution in [3.05, 3.63) is 6.43 Å². The molecule has 115 valence electrons. The number of alkyl halides is 11. The maximum absolute atomic E-state index is 12.5. The average Bonchev–Trinajstić information content (AvgIpc) is 1.92. The van der Waals surface area contributed by atoms with E-state index in [2.05, 4.69) is 0 Å². The predicted octanol–water partition coefficient (Wildman–Crippen LogP) is 4.34. The highest BCUT2D eigenvalue weighted by atomic mass is 28.3. The van der Waals surface area contributed by atoms with Gasteiger partial charge < -0.3 is 0 Å².